The number of aryl methyl sites for hydroxylation is 1. The van der Waals surface area contributed by atoms with Crippen LogP contribution in [0.2, 0.25) is 0 Å². The summed E-state index contributed by atoms with van der Waals surface area (Å²) in [7, 11) is 1.72. The zero-order chi connectivity index (χ0) is 10.2. The summed E-state index contributed by atoms with van der Waals surface area (Å²) in [5.74, 6) is 0. The third-order valence-electron chi connectivity index (χ3n) is 2.08. The van der Waals surface area contributed by atoms with E-state index in [4.69, 9.17) is 4.74 Å². The van der Waals surface area contributed by atoms with Crippen molar-refractivity contribution in [2.24, 2.45) is 0 Å². The van der Waals surface area contributed by atoms with Crippen molar-refractivity contribution in [3.05, 3.63) is 18.0 Å². The summed E-state index contributed by atoms with van der Waals surface area (Å²) in [6.45, 7) is 5.71. The molecule has 1 N–H and O–H groups in total. The van der Waals surface area contributed by atoms with E-state index in [0.29, 0.717) is 0 Å². The van der Waals surface area contributed by atoms with Crippen molar-refractivity contribution in [2.75, 3.05) is 20.3 Å². The molecule has 0 radical (unpaired) electrons. The monoisotopic (exact) mass is 197 g/mol. The summed E-state index contributed by atoms with van der Waals surface area (Å²) in [4.78, 5) is 0. The molecule has 1 heterocycles. The SMILES string of the molecule is CCNCc1ccnn1CCCOC. The van der Waals surface area contributed by atoms with Gasteiger partial charge in [0.1, 0.15) is 0 Å². The van der Waals surface area contributed by atoms with Crippen molar-refractivity contribution in [3.63, 3.8) is 0 Å². The molecule has 14 heavy (non-hydrogen) atoms. The van der Waals surface area contributed by atoms with Gasteiger partial charge in [-0.2, -0.15) is 5.10 Å². The molecule has 0 amide bonds. The van der Waals surface area contributed by atoms with E-state index in [0.717, 1.165) is 32.7 Å². The molecule has 4 heteroatoms. The van der Waals surface area contributed by atoms with Gasteiger partial charge in [0.2, 0.25) is 0 Å². The normalized spacial score (nSPS) is 10.7. The number of rotatable bonds is 7. The number of aromatic nitrogens is 2. The number of ether oxygens (including phenoxy) is 1. The van der Waals surface area contributed by atoms with Crippen LogP contribution in [-0.2, 0) is 17.8 Å². The Balaban J connectivity index is 2.37. The second kappa shape index (κ2) is 6.56. The Labute approximate surface area is 85.3 Å². The Morgan fingerprint density at radius 3 is 3.14 bits per heavy atom. The first-order valence-electron chi connectivity index (χ1n) is 5.08. The minimum absolute atomic E-state index is 0.792. The summed E-state index contributed by atoms with van der Waals surface area (Å²) in [5, 5.41) is 7.55. The summed E-state index contributed by atoms with van der Waals surface area (Å²) in [6, 6.07) is 2.05. The summed E-state index contributed by atoms with van der Waals surface area (Å²) >= 11 is 0. The molecule has 0 atom stereocenters. The van der Waals surface area contributed by atoms with Gasteiger partial charge in [0.25, 0.3) is 0 Å². The predicted octanol–water partition coefficient (Wildman–Crippen LogP) is 1.03. The van der Waals surface area contributed by atoms with Gasteiger partial charge in [-0.3, -0.25) is 4.68 Å². The average molecular weight is 197 g/mol. The fourth-order valence-electron chi connectivity index (χ4n) is 1.32. The molecule has 0 spiro atoms. The Bertz CT molecular complexity index is 247. The maximum Gasteiger partial charge on any atom is 0.0522 e. The highest BCUT2D eigenvalue weighted by Crippen LogP contribution is 1.99. The first-order valence-corrected chi connectivity index (χ1v) is 5.08. The zero-order valence-corrected chi connectivity index (χ0v) is 8.99. The lowest BCUT2D eigenvalue weighted by molar-refractivity contribution is 0.188. The fraction of sp³-hybridized carbons (Fsp3) is 0.700. The van der Waals surface area contributed by atoms with Crippen LogP contribution in [0.1, 0.15) is 19.0 Å². The average Bonchev–Trinajstić information content (AvgIpc) is 2.63. The van der Waals surface area contributed by atoms with Gasteiger partial charge in [0.15, 0.2) is 0 Å². The molecule has 4 nitrogen and oxygen atoms in total. The summed E-state index contributed by atoms with van der Waals surface area (Å²) < 4.78 is 7.03. The molecule has 0 bridgehead atoms. The molecular formula is C10H19N3O. The third kappa shape index (κ3) is 3.47. The molecule has 0 aromatic carbocycles. The standard InChI is InChI=1S/C10H19N3O/c1-3-11-9-10-5-6-12-13(10)7-4-8-14-2/h5-6,11H,3-4,7-9H2,1-2H3. The molecule has 1 aromatic heterocycles. The highest BCUT2D eigenvalue weighted by atomic mass is 16.5. The van der Waals surface area contributed by atoms with E-state index in [-0.39, 0.29) is 0 Å². The Hall–Kier alpha value is -0.870. The Morgan fingerprint density at radius 1 is 1.57 bits per heavy atom. The van der Waals surface area contributed by atoms with Crippen molar-refractivity contribution >= 4 is 0 Å². The van der Waals surface area contributed by atoms with Crippen LogP contribution in [0.4, 0.5) is 0 Å². The second-order valence-corrected chi connectivity index (χ2v) is 3.17. The Kier molecular flexibility index (Phi) is 5.25. The maximum absolute atomic E-state index is 5.00. The number of nitrogens with zero attached hydrogens (tertiary/aromatic N) is 2. The maximum atomic E-state index is 5.00. The molecule has 0 saturated heterocycles. The number of hydrogen-bond donors (Lipinski definition) is 1. The van der Waals surface area contributed by atoms with E-state index < -0.39 is 0 Å². The lowest BCUT2D eigenvalue weighted by Crippen LogP contribution is -2.16. The molecule has 80 valence electrons. The van der Waals surface area contributed by atoms with Crippen LogP contribution >= 0.6 is 0 Å². The quantitative estimate of drug-likeness (QED) is 0.664. The lowest BCUT2D eigenvalue weighted by Gasteiger charge is -2.07. The highest BCUT2D eigenvalue weighted by Gasteiger charge is 2.00. The van der Waals surface area contributed by atoms with Crippen molar-refractivity contribution in [1.82, 2.24) is 15.1 Å². The van der Waals surface area contributed by atoms with Crippen LogP contribution in [0.5, 0.6) is 0 Å². The van der Waals surface area contributed by atoms with Crippen molar-refractivity contribution in [2.45, 2.75) is 26.4 Å². The molecule has 0 aliphatic rings. The Morgan fingerprint density at radius 2 is 2.43 bits per heavy atom. The second-order valence-electron chi connectivity index (χ2n) is 3.17. The van der Waals surface area contributed by atoms with Gasteiger partial charge < -0.3 is 10.1 Å². The van der Waals surface area contributed by atoms with Crippen LogP contribution in [0.15, 0.2) is 12.3 Å². The smallest absolute Gasteiger partial charge is 0.0522 e. The van der Waals surface area contributed by atoms with Crippen LogP contribution < -0.4 is 5.32 Å². The van der Waals surface area contributed by atoms with E-state index >= 15 is 0 Å². The third-order valence-corrected chi connectivity index (χ3v) is 2.08. The molecule has 0 fully saturated rings. The first-order chi connectivity index (χ1) is 6.88. The molecule has 0 aliphatic carbocycles. The van der Waals surface area contributed by atoms with Gasteiger partial charge in [-0.1, -0.05) is 6.92 Å². The largest absolute Gasteiger partial charge is 0.385 e. The van der Waals surface area contributed by atoms with Crippen LogP contribution in [-0.4, -0.2) is 30.0 Å². The van der Waals surface area contributed by atoms with Gasteiger partial charge in [-0.05, 0) is 19.0 Å². The predicted molar refractivity (Wildman–Crippen MR) is 56.1 cm³/mol. The van der Waals surface area contributed by atoms with E-state index in [9.17, 15) is 0 Å². The highest BCUT2D eigenvalue weighted by molar-refractivity contribution is 4.99. The summed E-state index contributed by atoms with van der Waals surface area (Å²) in [6.07, 6.45) is 2.86. The number of methoxy groups -OCH3 is 1. The first kappa shape index (κ1) is 11.2. The van der Waals surface area contributed by atoms with Gasteiger partial charge in [0.05, 0.1) is 5.69 Å². The minimum Gasteiger partial charge on any atom is -0.385 e. The van der Waals surface area contributed by atoms with E-state index in [1.165, 1.54) is 5.69 Å². The van der Waals surface area contributed by atoms with Crippen LogP contribution in [0, 0.1) is 0 Å². The minimum atomic E-state index is 0.792. The number of hydrogen-bond acceptors (Lipinski definition) is 3. The van der Waals surface area contributed by atoms with Crippen molar-refractivity contribution < 1.29 is 4.74 Å². The summed E-state index contributed by atoms with van der Waals surface area (Å²) in [5.41, 5.74) is 1.24. The molecule has 1 rings (SSSR count). The van der Waals surface area contributed by atoms with E-state index in [1.54, 1.807) is 7.11 Å². The van der Waals surface area contributed by atoms with Crippen LogP contribution in [0.25, 0.3) is 0 Å². The van der Waals surface area contributed by atoms with Crippen molar-refractivity contribution in [1.29, 1.82) is 0 Å². The molecule has 0 saturated carbocycles. The van der Waals surface area contributed by atoms with Crippen molar-refractivity contribution in [3.8, 4) is 0 Å². The van der Waals surface area contributed by atoms with Gasteiger partial charge in [-0.15, -0.1) is 0 Å². The molecule has 0 unspecified atom stereocenters. The van der Waals surface area contributed by atoms with E-state index in [2.05, 4.69) is 23.4 Å². The lowest BCUT2D eigenvalue weighted by atomic mass is 10.4. The van der Waals surface area contributed by atoms with Gasteiger partial charge in [-0.25, -0.2) is 0 Å². The molecule has 1 aromatic rings. The van der Waals surface area contributed by atoms with E-state index in [1.807, 2.05) is 10.9 Å². The molecular weight excluding hydrogens is 178 g/mol. The van der Waals surface area contributed by atoms with Gasteiger partial charge >= 0.3 is 0 Å². The molecule has 0 aliphatic heterocycles. The fourth-order valence-corrected chi connectivity index (χ4v) is 1.32. The van der Waals surface area contributed by atoms with Crippen LogP contribution in [0.3, 0.4) is 0 Å². The number of nitrogens with one attached hydrogen (secondary N) is 1. The van der Waals surface area contributed by atoms with Gasteiger partial charge in [0, 0.05) is 33.0 Å². The zero-order valence-electron chi connectivity index (χ0n) is 8.99. The topological polar surface area (TPSA) is 39.1 Å².